The number of ether oxygens (including phenoxy) is 1. The molecule has 1 unspecified atom stereocenters. The molecule has 0 aliphatic rings. The van der Waals surface area contributed by atoms with Gasteiger partial charge in [-0.3, -0.25) is 0 Å². The van der Waals surface area contributed by atoms with Crippen LogP contribution in [0.25, 0.3) is 10.7 Å². The molecular weight excluding hydrogens is 368 g/mol. The lowest BCUT2D eigenvalue weighted by Gasteiger charge is -2.12. The molecule has 3 rings (SSSR count). The van der Waals surface area contributed by atoms with Gasteiger partial charge < -0.3 is 14.4 Å². The zero-order valence-corrected chi connectivity index (χ0v) is 15.8. The Bertz CT molecular complexity index is 870. The molecule has 0 aliphatic carbocycles. The SMILES string of the molecule is CCn1c(SCC(O)COc2ccc(C#N)cc2)nnc1-c1cccs1. The molecule has 1 aromatic carbocycles. The molecule has 2 aromatic heterocycles. The highest BCUT2D eigenvalue weighted by Gasteiger charge is 2.15. The lowest BCUT2D eigenvalue weighted by molar-refractivity contribution is 0.126. The summed E-state index contributed by atoms with van der Waals surface area (Å²) in [6.07, 6.45) is -0.636. The van der Waals surface area contributed by atoms with Crippen molar-refractivity contribution in [3.8, 4) is 22.5 Å². The standard InChI is InChI=1S/C18H18N4O2S2/c1-2-22-17(16-4-3-9-25-16)20-21-18(22)26-12-14(23)11-24-15-7-5-13(10-19)6-8-15/h3-9,14,23H,2,11-12H2,1H3. The average molecular weight is 387 g/mol. The molecule has 1 atom stereocenters. The first-order valence-electron chi connectivity index (χ1n) is 8.12. The topological polar surface area (TPSA) is 84.0 Å². The Balaban J connectivity index is 1.54. The van der Waals surface area contributed by atoms with E-state index in [1.54, 1.807) is 35.6 Å². The van der Waals surface area contributed by atoms with Crippen molar-refractivity contribution in [1.82, 2.24) is 14.8 Å². The first-order chi connectivity index (χ1) is 12.7. The summed E-state index contributed by atoms with van der Waals surface area (Å²) in [6, 6.07) is 12.9. The lowest BCUT2D eigenvalue weighted by Crippen LogP contribution is -2.20. The normalized spacial score (nSPS) is 11.9. The molecule has 0 aliphatic heterocycles. The fourth-order valence-electron chi connectivity index (χ4n) is 2.31. The van der Waals surface area contributed by atoms with Gasteiger partial charge in [0, 0.05) is 12.3 Å². The van der Waals surface area contributed by atoms with Crippen LogP contribution < -0.4 is 4.74 Å². The van der Waals surface area contributed by atoms with E-state index in [0.29, 0.717) is 17.1 Å². The molecule has 0 saturated carbocycles. The van der Waals surface area contributed by atoms with E-state index in [1.165, 1.54) is 11.8 Å². The predicted octanol–water partition coefficient (Wildman–Crippen LogP) is 3.43. The van der Waals surface area contributed by atoms with Gasteiger partial charge in [0.2, 0.25) is 0 Å². The summed E-state index contributed by atoms with van der Waals surface area (Å²) in [6.45, 7) is 2.99. The van der Waals surface area contributed by atoms with E-state index in [-0.39, 0.29) is 6.61 Å². The van der Waals surface area contributed by atoms with Crippen LogP contribution in [0.2, 0.25) is 0 Å². The minimum absolute atomic E-state index is 0.178. The monoisotopic (exact) mass is 386 g/mol. The van der Waals surface area contributed by atoms with Crippen LogP contribution >= 0.6 is 23.1 Å². The highest BCUT2D eigenvalue weighted by molar-refractivity contribution is 7.99. The number of rotatable bonds is 8. The molecule has 0 bridgehead atoms. The third kappa shape index (κ3) is 4.43. The van der Waals surface area contributed by atoms with E-state index in [4.69, 9.17) is 10.00 Å². The number of aromatic nitrogens is 3. The van der Waals surface area contributed by atoms with Crippen molar-refractivity contribution in [2.75, 3.05) is 12.4 Å². The van der Waals surface area contributed by atoms with Crippen LogP contribution in [0.15, 0.2) is 46.9 Å². The first-order valence-corrected chi connectivity index (χ1v) is 9.98. The summed E-state index contributed by atoms with van der Waals surface area (Å²) in [5.74, 6) is 1.94. The number of thioether (sulfide) groups is 1. The van der Waals surface area contributed by atoms with Crippen molar-refractivity contribution in [2.45, 2.75) is 24.7 Å². The summed E-state index contributed by atoms with van der Waals surface area (Å²) < 4.78 is 7.61. The van der Waals surface area contributed by atoms with Crippen LogP contribution in [0, 0.1) is 11.3 Å². The number of hydrogen-bond acceptors (Lipinski definition) is 7. The number of thiophene rings is 1. The van der Waals surface area contributed by atoms with E-state index < -0.39 is 6.10 Å². The van der Waals surface area contributed by atoms with Crippen LogP contribution in [-0.2, 0) is 6.54 Å². The second-order valence-corrected chi connectivity index (χ2v) is 7.37. The molecule has 1 N–H and O–H groups in total. The van der Waals surface area contributed by atoms with Gasteiger partial charge >= 0.3 is 0 Å². The van der Waals surface area contributed by atoms with Crippen molar-refractivity contribution in [1.29, 1.82) is 5.26 Å². The van der Waals surface area contributed by atoms with Crippen LogP contribution in [0.1, 0.15) is 12.5 Å². The second-order valence-electron chi connectivity index (χ2n) is 5.44. The highest BCUT2D eigenvalue weighted by atomic mass is 32.2. The Hall–Kier alpha value is -2.34. The van der Waals surface area contributed by atoms with Gasteiger partial charge in [0.05, 0.1) is 22.6 Å². The molecule has 2 heterocycles. The summed E-state index contributed by atoms with van der Waals surface area (Å²) in [5.41, 5.74) is 0.578. The van der Waals surface area contributed by atoms with Crippen molar-refractivity contribution in [3.63, 3.8) is 0 Å². The molecule has 8 heteroatoms. The Morgan fingerprint density at radius 2 is 2.12 bits per heavy atom. The van der Waals surface area contributed by atoms with Crippen molar-refractivity contribution < 1.29 is 9.84 Å². The van der Waals surface area contributed by atoms with Gasteiger partial charge in [0.25, 0.3) is 0 Å². The number of nitriles is 1. The fourth-order valence-corrected chi connectivity index (χ4v) is 3.93. The Morgan fingerprint density at radius 1 is 1.31 bits per heavy atom. The van der Waals surface area contributed by atoms with Crippen molar-refractivity contribution in [3.05, 3.63) is 47.3 Å². The third-order valence-electron chi connectivity index (χ3n) is 3.61. The molecular formula is C18H18N4O2S2. The fraction of sp³-hybridized carbons (Fsp3) is 0.278. The summed E-state index contributed by atoms with van der Waals surface area (Å²) in [5, 5.41) is 30.3. The Morgan fingerprint density at radius 3 is 2.77 bits per heavy atom. The lowest BCUT2D eigenvalue weighted by atomic mass is 10.2. The number of hydrogen-bond donors (Lipinski definition) is 1. The average Bonchev–Trinajstić information content (AvgIpc) is 3.34. The van der Waals surface area contributed by atoms with Gasteiger partial charge in [-0.2, -0.15) is 5.26 Å². The van der Waals surface area contributed by atoms with Crippen LogP contribution in [0.3, 0.4) is 0 Å². The largest absolute Gasteiger partial charge is 0.491 e. The van der Waals surface area contributed by atoms with E-state index in [1.807, 2.05) is 22.1 Å². The smallest absolute Gasteiger partial charge is 0.191 e. The minimum atomic E-state index is -0.636. The minimum Gasteiger partial charge on any atom is -0.491 e. The van der Waals surface area contributed by atoms with Crippen molar-refractivity contribution in [2.24, 2.45) is 0 Å². The van der Waals surface area contributed by atoms with E-state index in [2.05, 4.69) is 23.2 Å². The van der Waals surface area contributed by atoms with Gasteiger partial charge in [-0.15, -0.1) is 21.5 Å². The van der Waals surface area contributed by atoms with Crippen LogP contribution in [0.4, 0.5) is 0 Å². The zero-order valence-electron chi connectivity index (χ0n) is 14.2. The molecule has 26 heavy (non-hydrogen) atoms. The van der Waals surface area contributed by atoms with Crippen LogP contribution in [-0.4, -0.2) is 38.3 Å². The maximum atomic E-state index is 10.2. The Kier molecular flexibility index (Phi) is 6.28. The number of benzene rings is 1. The van der Waals surface area contributed by atoms with Gasteiger partial charge in [-0.1, -0.05) is 17.8 Å². The summed E-state index contributed by atoms with van der Waals surface area (Å²) in [7, 11) is 0. The maximum absolute atomic E-state index is 10.2. The zero-order chi connectivity index (χ0) is 18.4. The predicted molar refractivity (Wildman–Crippen MR) is 102 cm³/mol. The van der Waals surface area contributed by atoms with E-state index in [9.17, 15) is 5.11 Å². The summed E-state index contributed by atoms with van der Waals surface area (Å²) >= 11 is 3.09. The molecule has 134 valence electrons. The summed E-state index contributed by atoms with van der Waals surface area (Å²) in [4.78, 5) is 1.08. The molecule has 0 saturated heterocycles. The first kappa shape index (κ1) is 18.5. The van der Waals surface area contributed by atoms with Gasteiger partial charge in [-0.25, -0.2) is 0 Å². The molecule has 3 aromatic rings. The maximum Gasteiger partial charge on any atom is 0.191 e. The van der Waals surface area contributed by atoms with Crippen molar-refractivity contribution >= 4 is 23.1 Å². The van der Waals surface area contributed by atoms with E-state index in [0.717, 1.165) is 22.4 Å². The van der Waals surface area contributed by atoms with Gasteiger partial charge in [0.1, 0.15) is 12.4 Å². The number of aliphatic hydroxyl groups is 1. The molecule has 0 radical (unpaired) electrons. The van der Waals surface area contributed by atoms with E-state index >= 15 is 0 Å². The van der Waals surface area contributed by atoms with Gasteiger partial charge in [0.15, 0.2) is 11.0 Å². The quantitative estimate of drug-likeness (QED) is 0.597. The molecule has 6 nitrogen and oxygen atoms in total. The van der Waals surface area contributed by atoms with Crippen LogP contribution in [0.5, 0.6) is 5.75 Å². The second kappa shape index (κ2) is 8.85. The van der Waals surface area contributed by atoms with Gasteiger partial charge in [-0.05, 0) is 42.6 Å². The number of aliphatic hydroxyl groups excluding tert-OH is 1. The molecule has 0 fully saturated rings. The molecule has 0 amide bonds. The Labute approximate surface area is 160 Å². The number of nitrogens with zero attached hydrogens (tertiary/aromatic N) is 4. The third-order valence-corrected chi connectivity index (χ3v) is 5.58. The molecule has 0 spiro atoms. The highest BCUT2D eigenvalue weighted by Crippen LogP contribution is 2.27.